The molecule has 1 aliphatic carbocycles. The number of rotatable bonds is 9. The van der Waals surface area contributed by atoms with Crippen LogP contribution in [0.3, 0.4) is 0 Å². The van der Waals surface area contributed by atoms with Gasteiger partial charge in [-0.25, -0.2) is 0 Å². The maximum atomic E-state index is 13.0. The van der Waals surface area contributed by atoms with Crippen molar-refractivity contribution in [3.8, 4) is 11.5 Å². The summed E-state index contributed by atoms with van der Waals surface area (Å²) < 4.78 is 20.6. The number of fused-ring (bicyclic) bond motifs is 1. The maximum Gasteiger partial charge on any atom is 0.196 e. The van der Waals surface area contributed by atoms with Crippen molar-refractivity contribution in [3.63, 3.8) is 0 Å². The highest BCUT2D eigenvalue weighted by Gasteiger charge is 2.34. The van der Waals surface area contributed by atoms with Gasteiger partial charge in [-0.3, -0.25) is 9.59 Å². The van der Waals surface area contributed by atoms with E-state index in [2.05, 4.69) is 0 Å². The molecule has 7 nitrogen and oxygen atoms in total. The Morgan fingerprint density at radius 2 is 1.59 bits per heavy atom. The number of Topliss-reactive ketones (excluding diaryl/α,β-unsaturated/α-hetero) is 1. The molecule has 27 heavy (non-hydrogen) atoms. The van der Waals surface area contributed by atoms with Crippen molar-refractivity contribution < 1.29 is 33.6 Å². The number of carbonyl (C=O) groups excluding carboxylic acids is 2. The number of hydrogen-bond donors (Lipinski definition) is 1. The lowest BCUT2D eigenvalue weighted by atomic mass is 9.85. The van der Waals surface area contributed by atoms with Gasteiger partial charge in [-0.1, -0.05) is 11.6 Å². The second-order valence-electron chi connectivity index (χ2n) is 6.24. The zero-order valence-electron chi connectivity index (χ0n) is 15.9. The van der Waals surface area contributed by atoms with Gasteiger partial charge in [0.05, 0.1) is 17.2 Å². The number of ether oxygens (including phenoxy) is 4. The Bertz CT molecular complexity index is 773. The minimum absolute atomic E-state index is 0.0242. The fourth-order valence-electron chi connectivity index (χ4n) is 2.66. The molecular formula is C20H24O7. The summed E-state index contributed by atoms with van der Waals surface area (Å²) in [7, 11) is 2.90. The van der Waals surface area contributed by atoms with Gasteiger partial charge >= 0.3 is 0 Å². The molecule has 0 aromatic heterocycles. The standard InChI is InChI=1S/C20H24O7/c1-12(2)5-6-14(21)13-9-15(22)18-16(26-10-24-3)7-8-17(27-11-25-4)19(18)20(13)23/h5,7-9,14,21H,6,10-11H2,1-4H3/t14-/m1/s1. The molecule has 2 rings (SSSR count). The van der Waals surface area contributed by atoms with Gasteiger partial charge in [-0.2, -0.15) is 0 Å². The number of aliphatic hydroxyl groups excluding tert-OH is 1. The van der Waals surface area contributed by atoms with Crippen LogP contribution in [-0.4, -0.2) is 50.6 Å². The summed E-state index contributed by atoms with van der Waals surface area (Å²) in [4.78, 5) is 25.8. The number of ketones is 2. The van der Waals surface area contributed by atoms with Crippen LogP contribution < -0.4 is 9.47 Å². The first-order valence-corrected chi connectivity index (χ1v) is 8.43. The van der Waals surface area contributed by atoms with Crippen molar-refractivity contribution in [2.75, 3.05) is 27.8 Å². The number of aliphatic hydroxyl groups is 1. The highest BCUT2D eigenvalue weighted by molar-refractivity contribution is 6.27. The molecule has 0 spiro atoms. The molecule has 1 aromatic carbocycles. The predicted molar refractivity (Wildman–Crippen MR) is 98.2 cm³/mol. The summed E-state index contributed by atoms with van der Waals surface area (Å²) in [5.74, 6) is -0.517. The zero-order chi connectivity index (χ0) is 20.0. The van der Waals surface area contributed by atoms with Gasteiger partial charge in [-0.05, 0) is 38.5 Å². The Kier molecular flexibility index (Phi) is 7.29. The van der Waals surface area contributed by atoms with E-state index < -0.39 is 17.7 Å². The Morgan fingerprint density at radius 1 is 1.04 bits per heavy atom. The Balaban J connectivity index is 2.49. The maximum absolute atomic E-state index is 13.0. The van der Waals surface area contributed by atoms with Gasteiger partial charge in [0.2, 0.25) is 0 Å². The van der Waals surface area contributed by atoms with Crippen LogP contribution in [0.1, 0.15) is 41.0 Å². The van der Waals surface area contributed by atoms with E-state index >= 15 is 0 Å². The van der Waals surface area contributed by atoms with Crippen LogP contribution in [-0.2, 0) is 9.47 Å². The first kappa shape index (κ1) is 20.8. The summed E-state index contributed by atoms with van der Waals surface area (Å²) >= 11 is 0. The van der Waals surface area contributed by atoms with E-state index in [1.807, 2.05) is 13.8 Å². The highest BCUT2D eigenvalue weighted by atomic mass is 16.7. The van der Waals surface area contributed by atoms with E-state index in [9.17, 15) is 14.7 Å². The molecule has 0 fully saturated rings. The molecule has 0 bridgehead atoms. The molecule has 1 N–H and O–H groups in total. The third-order valence-electron chi connectivity index (χ3n) is 3.92. The van der Waals surface area contributed by atoms with E-state index in [0.717, 1.165) is 11.6 Å². The van der Waals surface area contributed by atoms with Crippen molar-refractivity contribution in [3.05, 3.63) is 46.6 Å². The Labute approximate surface area is 158 Å². The van der Waals surface area contributed by atoms with E-state index in [0.29, 0.717) is 0 Å². The molecule has 1 aliphatic rings. The minimum Gasteiger partial charge on any atom is -0.467 e. The summed E-state index contributed by atoms with van der Waals surface area (Å²) in [6.07, 6.45) is 2.10. The molecule has 0 saturated carbocycles. The molecule has 1 aromatic rings. The van der Waals surface area contributed by atoms with Crippen LogP contribution in [0, 0.1) is 0 Å². The van der Waals surface area contributed by atoms with Crippen LogP contribution >= 0.6 is 0 Å². The topological polar surface area (TPSA) is 91.3 Å². The van der Waals surface area contributed by atoms with Crippen molar-refractivity contribution in [1.82, 2.24) is 0 Å². The molecule has 0 unspecified atom stereocenters. The van der Waals surface area contributed by atoms with Crippen LogP contribution in [0.5, 0.6) is 11.5 Å². The number of benzene rings is 1. The van der Waals surface area contributed by atoms with E-state index in [1.165, 1.54) is 26.4 Å². The van der Waals surface area contributed by atoms with Crippen LogP contribution in [0.15, 0.2) is 35.4 Å². The summed E-state index contributed by atoms with van der Waals surface area (Å²) in [6.45, 7) is 3.61. The van der Waals surface area contributed by atoms with Gasteiger partial charge in [0.15, 0.2) is 25.2 Å². The molecule has 7 heteroatoms. The first-order chi connectivity index (χ1) is 12.9. The highest BCUT2D eigenvalue weighted by Crippen LogP contribution is 2.37. The van der Waals surface area contributed by atoms with Gasteiger partial charge < -0.3 is 24.1 Å². The van der Waals surface area contributed by atoms with Gasteiger partial charge in [0, 0.05) is 19.8 Å². The van der Waals surface area contributed by atoms with Crippen LogP contribution in [0.2, 0.25) is 0 Å². The summed E-state index contributed by atoms with van der Waals surface area (Å²) in [5.41, 5.74) is 1.17. The predicted octanol–water partition coefficient (Wildman–Crippen LogP) is 2.67. The second kappa shape index (κ2) is 9.45. The quantitative estimate of drug-likeness (QED) is 0.523. The third kappa shape index (κ3) is 4.82. The SMILES string of the molecule is COCOc1ccc(OCOC)c2c1C(=O)C=C([C@H](O)CC=C(C)C)C2=O. The Morgan fingerprint density at radius 3 is 2.11 bits per heavy atom. The average Bonchev–Trinajstić information content (AvgIpc) is 2.65. The number of hydrogen-bond acceptors (Lipinski definition) is 7. The molecule has 1 atom stereocenters. The lowest BCUT2D eigenvalue weighted by Crippen LogP contribution is -2.26. The molecule has 0 radical (unpaired) electrons. The van der Waals surface area contributed by atoms with Crippen molar-refractivity contribution in [2.45, 2.75) is 26.4 Å². The molecule has 0 saturated heterocycles. The number of allylic oxidation sites excluding steroid dienone is 2. The Hall–Kier alpha value is -2.48. The molecule has 0 aliphatic heterocycles. The second-order valence-corrected chi connectivity index (χ2v) is 6.24. The smallest absolute Gasteiger partial charge is 0.196 e. The normalized spacial score (nSPS) is 14.3. The zero-order valence-corrected chi connectivity index (χ0v) is 15.9. The van der Waals surface area contributed by atoms with Gasteiger partial charge in [0.25, 0.3) is 0 Å². The fourth-order valence-corrected chi connectivity index (χ4v) is 2.66. The van der Waals surface area contributed by atoms with Gasteiger partial charge in [-0.15, -0.1) is 0 Å². The van der Waals surface area contributed by atoms with Crippen molar-refractivity contribution in [2.24, 2.45) is 0 Å². The van der Waals surface area contributed by atoms with Crippen molar-refractivity contribution >= 4 is 11.6 Å². The monoisotopic (exact) mass is 376 g/mol. The lowest BCUT2D eigenvalue weighted by molar-refractivity contribution is 0.0467. The summed E-state index contributed by atoms with van der Waals surface area (Å²) in [6, 6.07) is 3.06. The number of carbonyl (C=O) groups is 2. The molecule has 0 amide bonds. The summed E-state index contributed by atoms with van der Waals surface area (Å²) in [5, 5.41) is 10.4. The molecule has 146 valence electrons. The van der Waals surface area contributed by atoms with E-state index in [-0.39, 0.29) is 48.2 Å². The average molecular weight is 376 g/mol. The minimum atomic E-state index is -1.09. The van der Waals surface area contributed by atoms with E-state index in [4.69, 9.17) is 18.9 Å². The number of methoxy groups -OCH3 is 2. The third-order valence-corrected chi connectivity index (χ3v) is 3.92. The molecule has 0 heterocycles. The first-order valence-electron chi connectivity index (χ1n) is 8.43. The molecular weight excluding hydrogens is 352 g/mol. The lowest BCUT2D eigenvalue weighted by Gasteiger charge is -2.23. The van der Waals surface area contributed by atoms with Crippen LogP contribution in [0.25, 0.3) is 0 Å². The largest absolute Gasteiger partial charge is 0.467 e. The van der Waals surface area contributed by atoms with E-state index in [1.54, 1.807) is 6.08 Å². The van der Waals surface area contributed by atoms with Crippen molar-refractivity contribution in [1.29, 1.82) is 0 Å². The van der Waals surface area contributed by atoms with Crippen LogP contribution in [0.4, 0.5) is 0 Å². The van der Waals surface area contributed by atoms with Gasteiger partial charge in [0.1, 0.15) is 11.5 Å². The fraction of sp³-hybridized carbons (Fsp3) is 0.400.